The first-order chi connectivity index (χ1) is 20.0. The van der Waals surface area contributed by atoms with Crippen molar-refractivity contribution in [2.75, 3.05) is 26.9 Å². The van der Waals surface area contributed by atoms with Crippen LogP contribution in [0.25, 0.3) is 22.3 Å². The second kappa shape index (κ2) is 13.8. The van der Waals surface area contributed by atoms with Crippen molar-refractivity contribution in [1.82, 2.24) is 5.32 Å². The number of nitrogens with one attached hydrogen (secondary N) is 1. The molecule has 12 nitrogen and oxygen atoms in total. The van der Waals surface area contributed by atoms with E-state index in [1.807, 2.05) is 0 Å². The largest absolute Gasteiger partial charge is 0.756 e. The van der Waals surface area contributed by atoms with Crippen molar-refractivity contribution >= 4 is 30.7 Å². The third-order valence-electron chi connectivity index (χ3n) is 7.92. The van der Waals surface area contributed by atoms with Crippen molar-refractivity contribution in [3.05, 3.63) is 52.2 Å². The Bertz CT molecular complexity index is 1490. The average molecular weight is 605 g/mol. The molecule has 0 spiro atoms. The molecular formula is C29H35NO11P-. The minimum absolute atomic E-state index is 0.0235. The van der Waals surface area contributed by atoms with Crippen molar-refractivity contribution in [1.29, 1.82) is 0 Å². The number of aliphatic carboxylic acids is 1. The van der Waals surface area contributed by atoms with Crippen molar-refractivity contribution in [2.24, 2.45) is 17.8 Å². The fourth-order valence-corrected chi connectivity index (χ4v) is 6.21. The number of phenols is 1. The zero-order chi connectivity index (χ0) is 30.4. The first-order valence-corrected chi connectivity index (χ1v) is 15.3. The van der Waals surface area contributed by atoms with Crippen LogP contribution in [-0.2, 0) is 23.2 Å². The van der Waals surface area contributed by atoms with Gasteiger partial charge in [-0.25, -0.2) is 0 Å². The third kappa shape index (κ3) is 7.56. The zero-order valence-electron chi connectivity index (χ0n) is 23.2. The number of amides is 1. The van der Waals surface area contributed by atoms with Gasteiger partial charge >= 0.3 is 5.97 Å². The molecule has 0 radical (unpaired) electrons. The molecule has 5 unspecified atom stereocenters. The number of hydrogen-bond donors (Lipinski definition) is 4. The highest BCUT2D eigenvalue weighted by atomic mass is 31.2. The summed E-state index contributed by atoms with van der Waals surface area (Å²) in [5.41, 5.74) is 1.42. The molecule has 1 fully saturated rings. The topological polar surface area (TPSA) is 196 Å². The van der Waals surface area contributed by atoms with E-state index in [2.05, 4.69) is 9.84 Å². The maximum atomic E-state index is 13.0. The molecule has 1 heterocycles. The van der Waals surface area contributed by atoms with Gasteiger partial charge in [0.2, 0.25) is 5.91 Å². The number of phosphoric acid groups is 1. The molecule has 42 heavy (non-hydrogen) atoms. The highest BCUT2D eigenvalue weighted by Crippen LogP contribution is 2.47. The van der Waals surface area contributed by atoms with Crippen molar-refractivity contribution < 1.29 is 47.8 Å². The smallest absolute Gasteiger partial charge is 0.307 e. The fourth-order valence-electron chi connectivity index (χ4n) is 5.71. The number of benzene rings is 2. The van der Waals surface area contributed by atoms with E-state index < -0.39 is 37.5 Å². The van der Waals surface area contributed by atoms with Crippen LogP contribution >= 0.6 is 7.82 Å². The van der Waals surface area contributed by atoms with E-state index in [1.54, 1.807) is 12.1 Å². The van der Waals surface area contributed by atoms with E-state index >= 15 is 0 Å². The number of phosphoric ester groups is 1. The van der Waals surface area contributed by atoms with Gasteiger partial charge in [0.05, 0.1) is 12.5 Å². The Hall–Kier alpha value is -3.28. The van der Waals surface area contributed by atoms with Crippen LogP contribution in [-0.4, -0.2) is 54.1 Å². The Balaban J connectivity index is 1.40. The zero-order valence-corrected chi connectivity index (χ0v) is 24.1. The maximum absolute atomic E-state index is 13.0. The van der Waals surface area contributed by atoms with E-state index in [0.29, 0.717) is 60.9 Å². The standard InChI is InChI=1S/C29H36NO11P/c1-39-42(37,38)40-16-17(15-31)4-2-3-11-30-28(34)18-5-8-21(24(12-18)29(35)36)27-22-9-6-19(32)13-25(22)41-26-14-20(33)7-10-23(26)27/h6-7,9-10,13-14,17-18,21,24,31-32H,2-5,8,11-12,15-16H2,1H3,(H,30,34)(H,35,36)(H,37,38)/p-1. The lowest BCUT2D eigenvalue weighted by atomic mass is 9.69. The number of carboxylic acid groups (broad SMARTS) is 1. The Morgan fingerprint density at radius 1 is 1.19 bits per heavy atom. The summed E-state index contributed by atoms with van der Waals surface area (Å²) in [5.74, 6) is -3.18. The lowest BCUT2D eigenvalue weighted by molar-refractivity contribution is -0.224. The molecule has 0 aromatic heterocycles. The van der Waals surface area contributed by atoms with Crippen LogP contribution in [0, 0.1) is 17.8 Å². The Labute approximate surface area is 242 Å². The van der Waals surface area contributed by atoms with Crippen molar-refractivity contribution in [2.45, 2.75) is 44.4 Å². The number of unbranched alkanes of at least 4 members (excludes halogenated alkanes) is 1. The van der Waals surface area contributed by atoms with E-state index in [4.69, 9.17) is 8.94 Å². The van der Waals surface area contributed by atoms with Gasteiger partial charge in [0.25, 0.3) is 7.82 Å². The number of carbonyl (C=O) groups is 2. The number of phenolic OH excluding ortho intramolecular Hbond substituents is 1. The normalized spacial score (nSPS) is 21.2. The number of aromatic hydroxyl groups is 1. The lowest BCUT2D eigenvalue weighted by Gasteiger charge is -2.35. The molecule has 1 aliphatic heterocycles. The summed E-state index contributed by atoms with van der Waals surface area (Å²) in [6.45, 7) is -0.101. The quantitative estimate of drug-likeness (QED) is 0.127. The fraction of sp³-hybridized carbons (Fsp3) is 0.483. The van der Waals surface area contributed by atoms with Gasteiger partial charge in [0.15, 0.2) is 5.43 Å². The Kier molecular flexibility index (Phi) is 10.4. The minimum atomic E-state index is -4.37. The van der Waals surface area contributed by atoms with E-state index in [-0.39, 0.29) is 36.7 Å². The van der Waals surface area contributed by atoms with Crippen LogP contribution < -0.4 is 15.6 Å². The highest BCUT2D eigenvalue weighted by molar-refractivity contribution is 7.45. The molecule has 1 aromatic carbocycles. The lowest BCUT2D eigenvalue weighted by Crippen LogP contribution is -2.38. The molecule has 1 aromatic rings. The second-order valence-electron chi connectivity index (χ2n) is 10.7. The number of carboxylic acids is 1. The molecule has 1 saturated carbocycles. The van der Waals surface area contributed by atoms with E-state index in [9.17, 15) is 39.2 Å². The summed E-state index contributed by atoms with van der Waals surface area (Å²) in [6, 6.07) is 8.99. The minimum Gasteiger partial charge on any atom is -0.756 e. The SMILES string of the molecule is COP(=O)([O-])OCC(CO)CCCCNC(=O)C1CCC(c2c3ccc(=O)cc-3oc3cc(O)ccc23)C(C(=O)O)C1. The molecule has 1 amide bonds. The molecule has 5 atom stereocenters. The summed E-state index contributed by atoms with van der Waals surface area (Å²) in [4.78, 5) is 48.8. The summed E-state index contributed by atoms with van der Waals surface area (Å²) in [6.07, 6.45) is 2.70. The molecule has 0 bridgehead atoms. The van der Waals surface area contributed by atoms with Crippen molar-refractivity contribution in [3.63, 3.8) is 0 Å². The summed E-state index contributed by atoms with van der Waals surface area (Å²) < 4.78 is 26.2. The van der Waals surface area contributed by atoms with Crippen LogP contribution in [0.3, 0.4) is 0 Å². The Morgan fingerprint density at radius 2 is 1.98 bits per heavy atom. The second-order valence-corrected chi connectivity index (χ2v) is 12.2. The Morgan fingerprint density at radius 3 is 2.69 bits per heavy atom. The predicted molar refractivity (Wildman–Crippen MR) is 150 cm³/mol. The van der Waals surface area contributed by atoms with Gasteiger partial charge in [-0.15, -0.1) is 0 Å². The monoisotopic (exact) mass is 604 g/mol. The average Bonchev–Trinajstić information content (AvgIpc) is 2.96. The number of hydrogen-bond acceptors (Lipinski definition) is 10. The number of fused-ring (bicyclic) bond motifs is 2. The summed E-state index contributed by atoms with van der Waals surface area (Å²) >= 11 is 0. The number of carbonyl (C=O) groups excluding carboxylic acids is 1. The molecule has 2 aliphatic carbocycles. The number of rotatable bonds is 13. The van der Waals surface area contributed by atoms with Crippen molar-refractivity contribution in [3.8, 4) is 17.1 Å². The molecule has 13 heteroatoms. The van der Waals surface area contributed by atoms with Crippen LogP contribution in [0.5, 0.6) is 5.75 Å². The third-order valence-corrected chi connectivity index (χ3v) is 8.83. The molecular weight excluding hydrogens is 569 g/mol. The predicted octanol–water partition coefficient (Wildman–Crippen LogP) is 3.21. The molecule has 0 saturated heterocycles. The maximum Gasteiger partial charge on any atom is 0.307 e. The molecule has 4 N–H and O–H groups in total. The van der Waals surface area contributed by atoms with Gasteiger partial charge in [0.1, 0.15) is 17.1 Å². The van der Waals surface area contributed by atoms with Gasteiger partial charge in [-0.1, -0.05) is 6.42 Å². The van der Waals surface area contributed by atoms with Crippen LogP contribution in [0.2, 0.25) is 0 Å². The molecule has 228 valence electrons. The van der Waals surface area contributed by atoms with Gasteiger partial charge in [0, 0.05) is 55.2 Å². The van der Waals surface area contributed by atoms with Crippen LogP contribution in [0.4, 0.5) is 0 Å². The van der Waals surface area contributed by atoms with Gasteiger partial charge in [-0.05, 0) is 67.9 Å². The van der Waals surface area contributed by atoms with Gasteiger partial charge in [-0.3, -0.25) is 18.9 Å². The van der Waals surface area contributed by atoms with Crippen LogP contribution in [0.15, 0.2) is 45.6 Å². The van der Waals surface area contributed by atoms with Gasteiger partial charge < -0.3 is 39.0 Å². The highest BCUT2D eigenvalue weighted by Gasteiger charge is 2.40. The first kappa shape index (κ1) is 31.7. The first-order valence-electron chi connectivity index (χ1n) is 13.8. The summed E-state index contributed by atoms with van der Waals surface area (Å²) in [7, 11) is -3.37. The van der Waals surface area contributed by atoms with E-state index in [0.717, 1.165) is 12.7 Å². The molecule has 4 rings (SSSR count). The van der Waals surface area contributed by atoms with E-state index in [1.165, 1.54) is 24.3 Å². The summed E-state index contributed by atoms with van der Waals surface area (Å²) in [5, 5.41) is 33.2. The van der Waals surface area contributed by atoms with Gasteiger partial charge in [-0.2, -0.15) is 0 Å². The molecule has 3 aliphatic rings. The van der Waals surface area contributed by atoms with Crippen LogP contribution in [0.1, 0.15) is 50.0 Å². The number of aliphatic hydroxyl groups is 1. The number of aliphatic hydroxyl groups excluding tert-OH is 1.